The number of amides is 1. The maximum absolute atomic E-state index is 12.3. The summed E-state index contributed by atoms with van der Waals surface area (Å²) >= 11 is 0. The monoisotopic (exact) mass is 273 g/mol. The molecular weight excluding hydrogens is 254 g/mol. The van der Waals surface area contributed by atoms with E-state index in [4.69, 9.17) is 10.3 Å². The molecule has 106 valence electrons. The van der Waals surface area contributed by atoms with Crippen molar-refractivity contribution in [3.8, 4) is 0 Å². The van der Waals surface area contributed by atoms with Gasteiger partial charge in [0, 0.05) is 19.5 Å². The smallest absolute Gasteiger partial charge is 0.228 e. The van der Waals surface area contributed by atoms with E-state index in [1.165, 1.54) is 0 Å². The van der Waals surface area contributed by atoms with Crippen LogP contribution < -0.4 is 10.6 Å². The van der Waals surface area contributed by atoms with Crippen LogP contribution in [0.1, 0.15) is 29.5 Å². The Morgan fingerprint density at radius 2 is 2.00 bits per heavy atom. The summed E-state index contributed by atoms with van der Waals surface area (Å²) in [5.41, 5.74) is 8.45. The van der Waals surface area contributed by atoms with Gasteiger partial charge in [0.15, 0.2) is 5.76 Å². The van der Waals surface area contributed by atoms with Crippen molar-refractivity contribution < 1.29 is 9.32 Å². The van der Waals surface area contributed by atoms with Crippen molar-refractivity contribution in [2.45, 2.75) is 26.3 Å². The molecule has 0 bridgehead atoms. The maximum atomic E-state index is 12.3. The molecular formula is C15H19N3O2. The third-order valence-electron chi connectivity index (χ3n) is 3.33. The third-order valence-corrected chi connectivity index (χ3v) is 3.33. The average molecular weight is 273 g/mol. The summed E-state index contributed by atoms with van der Waals surface area (Å²) < 4.78 is 5.08. The summed E-state index contributed by atoms with van der Waals surface area (Å²) in [4.78, 5) is 13.9. The fourth-order valence-corrected chi connectivity index (χ4v) is 2.22. The molecule has 0 saturated heterocycles. The van der Waals surface area contributed by atoms with E-state index in [0.717, 1.165) is 11.3 Å². The third kappa shape index (κ3) is 2.88. The summed E-state index contributed by atoms with van der Waals surface area (Å²) in [7, 11) is 1.71. The average Bonchev–Trinajstić information content (AvgIpc) is 2.78. The highest BCUT2D eigenvalue weighted by atomic mass is 16.5. The van der Waals surface area contributed by atoms with Crippen LogP contribution in [0.2, 0.25) is 0 Å². The lowest BCUT2D eigenvalue weighted by molar-refractivity contribution is -0.118. The quantitative estimate of drug-likeness (QED) is 0.928. The highest BCUT2D eigenvalue weighted by Crippen LogP contribution is 2.24. The molecule has 0 aliphatic carbocycles. The minimum Gasteiger partial charge on any atom is -0.359 e. The van der Waals surface area contributed by atoms with Gasteiger partial charge in [0.25, 0.3) is 0 Å². The Balaban J connectivity index is 2.09. The summed E-state index contributed by atoms with van der Waals surface area (Å²) in [6.07, 6.45) is 0.241. The molecule has 1 heterocycles. The Labute approximate surface area is 118 Å². The second kappa shape index (κ2) is 5.88. The second-order valence-electron chi connectivity index (χ2n) is 4.85. The van der Waals surface area contributed by atoms with Crippen LogP contribution in [-0.2, 0) is 4.79 Å². The molecule has 0 aliphatic heterocycles. The van der Waals surface area contributed by atoms with Gasteiger partial charge in [0.2, 0.25) is 5.91 Å². The predicted octanol–water partition coefficient (Wildman–Crippen LogP) is 2.34. The lowest BCUT2D eigenvalue weighted by atomic mass is 10.0. The molecule has 2 N–H and O–H groups in total. The number of aryl methyl sites for hydroxylation is 2. The van der Waals surface area contributed by atoms with Crippen molar-refractivity contribution in [1.82, 2.24) is 5.16 Å². The summed E-state index contributed by atoms with van der Waals surface area (Å²) in [5.74, 6) is 0.572. The van der Waals surface area contributed by atoms with E-state index in [-0.39, 0.29) is 18.4 Å². The van der Waals surface area contributed by atoms with E-state index in [1.807, 2.05) is 37.3 Å². The SMILES string of the molecule is Cc1noc(C)c1N(C)C(=O)C[C@H](N)c1ccccc1. The molecule has 0 spiro atoms. The van der Waals surface area contributed by atoms with E-state index < -0.39 is 0 Å². The lowest BCUT2D eigenvalue weighted by Crippen LogP contribution is -2.30. The molecule has 1 aromatic carbocycles. The molecule has 5 nitrogen and oxygen atoms in total. The topological polar surface area (TPSA) is 72.4 Å². The van der Waals surface area contributed by atoms with Gasteiger partial charge in [-0.25, -0.2) is 0 Å². The minimum absolute atomic E-state index is 0.0595. The first-order valence-corrected chi connectivity index (χ1v) is 6.50. The van der Waals surface area contributed by atoms with E-state index >= 15 is 0 Å². The number of nitrogens with two attached hydrogens (primary N) is 1. The van der Waals surface area contributed by atoms with Gasteiger partial charge < -0.3 is 15.2 Å². The van der Waals surface area contributed by atoms with Crippen molar-refractivity contribution in [3.05, 3.63) is 47.3 Å². The van der Waals surface area contributed by atoms with Gasteiger partial charge >= 0.3 is 0 Å². The lowest BCUT2D eigenvalue weighted by Gasteiger charge is -2.19. The van der Waals surface area contributed by atoms with Crippen LogP contribution in [0.25, 0.3) is 0 Å². The van der Waals surface area contributed by atoms with Gasteiger partial charge in [-0.3, -0.25) is 4.79 Å². The number of rotatable bonds is 4. The van der Waals surface area contributed by atoms with Gasteiger partial charge in [0.05, 0.1) is 0 Å². The van der Waals surface area contributed by atoms with Crippen molar-refractivity contribution in [2.75, 3.05) is 11.9 Å². The molecule has 2 rings (SSSR count). The van der Waals surface area contributed by atoms with Gasteiger partial charge in [0.1, 0.15) is 11.4 Å². The van der Waals surface area contributed by atoms with Crippen LogP contribution in [0.3, 0.4) is 0 Å². The molecule has 1 amide bonds. The number of aromatic nitrogens is 1. The number of benzene rings is 1. The van der Waals surface area contributed by atoms with Crippen LogP contribution in [0, 0.1) is 13.8 Å². The number of nitrogens with zero attached hydrogens (tertiary/aromatic N) is 2. The zero-order valence-corrected chi connectivity index (χ0v) is 12.0. The Hall–Kier alpha value is -2.14. The number of carbonyl (C=O) groups excluding carboxylic acids is 1. The molecule has 1 aromatic heterocycles. The zero-order chi connectivity index (χ0) is 14.7. The first kappa shape index (κ1) is 14.3. The molecule has 0 saturated carbocycles. The molecule has 0 radical (unpaired) electrons. The highest BCUT2D eigenvalue weighted by Gasteiger charge is 2.21. The first-order valence-electron chi connectivity index (χ1n) is 6.50. The Morgan fingerprint density at radius 3 is 2.55 bits per heavy atom. The van der Waals surface area contributed by atoms with Crippen LogP contribution >= 0.6 is 0 Å². The van der Waals surface area contributed by atoms with Gasteiger partial charge in [-0.15, -0.1) is 0 Å². The number of carbonyl (C=O) groups is 1. The van der Waals surface area contributed by atoms with E-state index in [2.05, 4.69) is 5.16 Å². The normalized spacial score (nSPS) is 12.2. The van der Waals surface area contributed by atoms with Gasteiger partial charge in [-0.05, 0) is 19.4 Å². The molecule has 0 unspecified atom stereocenters. The van der Waals surface area contributed by atoms with Crippen LogP contribution in [0.15, 0.2) is 34.9 Å². The Morgan fingerprint density at radius 1 is 1.35 bits per heavy atom. The summed E-state index contributed by atoms with van der Waals surface area (Å²) in [5, 5.41) is 3.86. The summed E-state index contributed by atoms with van der Waals surface area (Å²) in [6.45, 7) is 3.60. The molecule has 0 fully saturated rings. The van der Waals surface area contributed by atoms with Gasteiger partial charge in [-0.2, -0.15) is 0 Å². The highest BCUT2D eigenvalue weighted by molar-refractivity contribution is 5.94. The second-order valence-corrected chi connectivity index (χ2v) is 4.85. The number of anilines is 1. The fraction of sp³-hybridized carbons (Fsp3) is 0.333. The Kier molecular flexibility index (Phi) is 4.20. The van der Waals surface area contributed by atoms with Crippen molar-refractivity contribution in [2.24, 2.45) is 5.73 Å². The first-order chi connectivity index (χ1) is 9.50. The van der Waals surface area contributed by atoms with Crippen molar-refractivity contribution >= 4 is 11.6 Å². The van der Waals surface area contributed by atoms with Crippen molar-refractivity contribution in [3.63, 3.8) is 0 Å². The molecule has 0 aliphatic rings. The molecule has 1 atom stereocenters. The van der Waals surface area contributed by atoms with Gasteiger partial charge in [-0.1, -0.05) is 35.5 Å². The van der Waals surface area contributed by atoms with E-state index in [9.17, 15) is 4.79 Å². The largest absolute Gasteiger partial charge is 0.359 e. The molecule has 20 heavy (non-hydrogen) atoms. The van der Waals surface area contributed by atoms with Crippen LogP contribution in [0.4, 0.5) is 5.69 Å². The standard InChI is InChI=1S/C15H19N3O2/c1-10-15(11(2)20-17-10)18(3)14(19)9-13(16)12-7-5-4-6-8-12/h4-8,13H,9,16H2,1-3H3/t13-/m0/s1. The Bertz CT molecular complexity index is 573. The fourth-order valence-electron chi connectivity index (χ4n) is 2.22. The predicted molar refractivity (Wildman–Crippen MR) is 77.4 cm³/mol. The maximum Gasteiger partial charge on any atom is 0.228 e. The van der Waals surface area contributed by atoms with E-state index in [1.54, 1.807) is 18.9 Å². The van der Waals surface area contributed by atoms with E-state index in [0.29, 0.717) is 11.5 Å². The number of hydrogen-bond donors (Lipinski definition) is 1. The van der Waals surface area contributed by atoms with Crippen LogP contribution in [0.5, 0.6) is 0 Å². The molecule has 5 heteroatoms. The van der Waals surface area contributed by atoms with Crippen molar-refractivity contribution in [1.29, 1.82) is 0 Å². The zero-order valence-electron chi connectivity index (χ0n) is 12.0. The van der Waals surface area contributed by atoms with Crippen LogP contribution in [-0.4, -0.2) is 18.1 Å². The summed E-state index contributed by atoms with van der Waals surface area (Å²) in [6, 6.07) is 9.29. The number of hydrogen-bond acceptors (Lipinski definition) is 4. The minimum atomic E-state index is -0.313. The molecule has 2 aromatic rings.